The highest BCUT2D eigenvalue weighted by Crippen LogP contribution is 2.44. The Hall–Kier alpha value is -14.1. The second-order valence-corrected chi connectivity index (χ2v) is 46.3. The van der Waals surface area contributed by atoms with E-state index in [0.717, 1.165) is 107 Å². The second-order valence-electron chi connectivity index (χ2n) is 39.3. The highest BCUT2D eigenvalue weighted by Gasteiger charge is 2.44. The number of carbonyl (C=O) groups excluding carboxylic acids is 4. The summed E-state index contributed by atoms with van der Waals surface area (Å²) in [5, 5.41) is 2.34. The van der Waals surface area contributed by atoms with Gasteiger partial charge in [-0.15, -0.1) is 0 Å². The van der Waals surface area contributed by atoms with Crippen LogP contribution in [0.3, 0.4) is 0 Å². The van der Waals surface area contributed by atoms with Gasteiger partial charge in [0, 0.05) is 148 Å². The Bertz CT molecular complexity index is 7180. The van der Waals surface area contributed by atoms with E-state index in [0.29, 0.717) is 83.1 Å². The number of fused-ring (bicyclic) bond motifs is 1. The quantitative estimate of drug-likeness (QED) is 0.0319. The maximum atomic E-state index is 13.3. The van der Waals surface area contributed by atoms with E-state index in [4.69, 9.17) is 30.5 Å². The van der Waals surface area contributed by atoms with E-state index in [-0.39, 0.29) is 94.1 Å². The van der Waals surface area contributed by atoms with Gasteiger partial charge in [0.2, 0.25) is 23.5 Å². The summed E-state index contributed by atoms with van der Waals surface area (Å²) >= 11 is 5.81. The molecule has 0 spiro atoms. The lowest BCUT2D eigenvalue weighted by molar-refractivity contribution is 0.0972. The first-order valence-electron chi connectivity index (χ1n) is 47.9. The van der Waals surface area contributed by atoms with Crippen molar-refractivity contribution in [2.24, 2.45) is 23.7 Å². The van der Waals surface area contributed by atoms with Crippen LogP contribution in [0.4, 0.5) is 34.8 Å². The topological polar surface area (TPSA) is 447 Å². The lowest BCUT2D eigenvalue weighted by Gasteiger charge is -2.33. The fourth-order valence-electron chi connectivity index (χ4n) is 19.4. The Kier molecular flexibility index (Phi) is 32.4. The molecule has 10 aromatic heterocycles. The van der Waals surface area contributed by atoms with Gasteiger partial charge >= 0.3 is 0 Å². The fourth-order valence-corrected chi connectivity index (χ4v) is 23.3. The van der Waals surface area contributed by atoms with Crippen molar-refractivity contribution in [2.75, 3.05) is 82.2 Å². The Morgan fingerprint density at radius 1 is 0.407 bits per heavy atom. The first kappa shape index (κ1) is 105. The van der Waals surface area contributed by atoms with Crippen molar-refractivity contribution in [3.63, 3.8) is 0 Å². The number of halogens is 1. The van der Waals surface area contributed by atoms with Crippen molar-refractivity contribution < 1.29 is 71.8 Å². The molecule has 18 rings (SSSR count). The number of amides is 4. The Morgan fingerprint density at radius 3 is 1.22 bits per heavy atom. The van der Waals surface area contributed by atoms with Crippen LogP contribution in [0.25, 0.3) is 0 Å². The van der Waals surface area contributed by atoms with Gasteiger partial charge in [-0.25, -0.2) is 48.8 Å². The average molecular weight is 2070 g/mol. The van der Waals surface area contributed by atoms with Crippen LogP contribution in [0.5, 0.6) is 35.0 Å². The number of ether oxygens (including phenoxy) is 4. The molecule has 6 aliphatic rings. The highest BCUT2D eigenvalue weighted by atomic mass is 35.5. The normalized spacial score (nSPS) is 18.6. The van der Waals surface area contributed by atoms with E-state index in [2.05, 4.69) is 177 Å². The molecular formula is C104H119ClN20O16S4. The number of pyridine rings is 10. The number of piperidine rings is 1. The van der Waals surface area contributed by atoms with Crippen molar-refractivity contribution in [3.05, 3.63) is 276 Å². The number of nitrogens with zero attached hydrogens (tertiary/aromatic N) is 15. The van der Waals surface area contributed by atoms with Crippen LogP contribution in [0.1, 0.15) is 193 Å². The number of rotatable bonds is 27. The largest absolute Gasteiger partial charge is 0.493 e. The van der Waals surface area contributed by atoms with E-state index >= 15 is 0 Å². The van der Waals surface area contributed by atoms with Gasteiger partial charge in [0.05, 0.1) is 39.6 Å². The number of anilines is 6. The zero-order chi connectivity index (χ0) is 103. The number of carbonyl (C=O) groups is 4. The molecule has 5 N–H and O–H groups in total. The highest BCUT2D eigenvalue weighted by molar-refractivity contribution is 7.90. The van der Waals surface area contributed by atoms with Gasteiger partial charge in [0.1, 0.15) is 40.9 Å². The van der Waals surface area contributed by atoms with Gasteiger partial charge in [-0.05, 0) is 251 Å². The summed E-state index contributed by atoms with van der Waals surface area (Å²) in [5.41, 5.74) is 2.87. The van der Waals surface area contributed by atoms with Crippen LogP contribution in [0.2, 0.25) is 5.02 Å². The van der Waals surface area contributed by atoms with Crippen molar-refractivity contribution in [1.82, 2.24) is 68.7 Å². The van der Waals surface area contributed by atoms with Gasteiger partial charge in [0.25, 0.3) is 63.7 Å². The number of para-hydroxylation sites is 3. The molecular weight excluding hydrogens is 1950 g/mol. The summed E-state index contributed by atoms with van der Waals surface area (Å²) < 4.78 is 137. The summed E-state index contributed by atoms with van der Waals surface area (Å²) in [7, 11) is -17.0. The molecule has 6 aliphatic heterocycles. The molecule has 5 unspecified atom stereocenters. The summed E-state index contributed by atoms with van der Waals surface area (Å²) in [5.74, 6) is 2.74. The molecule has 16 heterocycles. The predicted molar refractivity (Wildman–Crippen MR) is 552 cm³/mol. The first-order valence-corrected chi connectivity index (χ1v) is 54.2. The summed E-state index contributed by atoms with van der Waals surface area (Å²) in [6.45, 7) is 31.2. The number of hydrogen-bond acceptors (Lipinski definition) is 32. The molecule has 0 aliphatic carbocycles. The second kappa shape index (κ2) is 44.6. The lowest BCUT2D eigenvalue weighted by atomic mass is 9.97. The monoisotopic (exact) mass is 2070 g/mol. The lowest BCUT2D eigenvalue weighted by Crippen LogP contribution is -2.41. The molecule has 762 valence electrons. The number of benzene rings is 2. The van der Waals surface area contributed by atoms with Gasteiger partial charge < -0.3 is 48.8 Å². The van der Waals surface area contributed by atoms with Crippen molar-refractivity contribution >= 4 is 110 Å². The van der Waals surface area contributed by atoms with E-state index in [1.54, 1.807) is 122 Å². The number of aromatic nitrogens is 10. The minimum Gasteiger partial charge on any atom is -0.493 e. The van der Waals surface area contributed by atoms with Crippen LogP contribution in [0.15, 0.2) is 258 Å². The van der Waals surface area contributed by atoms with Crippen LogP contribution >= 0.6 is 11.6 Å². The van der Waals surface area contributed by atoms with Gasteiger partial charge in [0.15, 0.2) is 25.9 Å². The molecule has 0 bridgehead atoms. The summed E-state index contributed by atoms with van der Waals surface area (Å²) in [6, 6.07) is 52.8. The zero-order valence-electron chi connectivity index (χ0n) is 82.7. The first-order chi connectivity index (χ1) is 69.0. The predicted octanol–water partition coefficient (Wildman–Crippen LogP) is 16.5. The molecule has 5 saturated heterocycles. The van der Waals surface area contributed by atoms with Crippen LogP contribution in [0, 0.1) is 23.7 Å². The Labute approximate surface area is 851 Å². The third-order valence-electron chi connectivity index (χ3n) is 25.6. The maximum Gasteiger partial charge on any atom is 0.281 e. The van der Waals surface area contributed by atoms with Crippen molar-refractivity contribution in [2.45, 2.75) is 189 Å². The molecule has 5 atom stereocenters. The molecule has 0 saturated carbocycles. The number of sulfonamides is 4. The Morgan fingerprint density at radius 2 is 0.800 bits per heavy atom. The molecule has 12 aromatic rings. The van der Waals surface area contributed by atoms with E-state index in [1.165, 1.54) is 61.1 Å². The molecule has 41 heteroatoms. The van der Waals surface area contributed by atoms with Gasteiger partial charge in [-0.1, -0.05) is 93.9 Å². The van der Waals surface area contributed by atoms with Crippen LogP contribution in [-0.4, -0.2) is 182 Å². The molecule has 145 heavy (non-hydrogen) atoms. The maximum absolute atomic E-state index is 13.3. The SMILES string of the molecule is CC1CN(c2ncccc2C(=O)NS(=O)(=O)c2cccc(NCCc3ccncc3)n2)C(C)(C)C1.CC1CN(c2ncccc2C(=O)NS(=O)(=O)c2cccc(OC3CCOc4ccccc43)n2)C(C)(C)C1.CC1CN(c2ncccc2C(=O)NS(=O)(=O)c2cccc(Oc3ccc(Cl)cn3)n2)C(C)(C)C1.CC1CN(c2ncccc2C(=O)NS(=O)(=O)c2cccc(Oc3ccccc3N3CCCCC3)n2)C(C)(C)C1. The van der Waals surface area contributed by atoms with Crippen LogP contribution < -0.4 is 67.7 Å². The molecule has 2 aromatic carbocycles. The summed E-state index contributed by atoms with van der Waals surface area (Å²) in [4.78, 5) is 106. The molecule has 5 fully saturated rings. The third kappa shape index (κ3) is 26.0. The van der Waals surface area contributed by atoms with E-state index in [1.807, 2.05) is 65.6 Å². The standard InChI is InChI=1S/C29H35N5O4S.C27H30N4O5S.C25H30N6O3S.C23H24ClN5O4S/c1-21-19-29(2,3)34(20-21)27-22(11-10-16-30-27)28(35)32-39(36,37)26-15-9-14-25(31-26)38-24-13-6-5-12-23(24)33-17-7-4-8-18-33;1-18-16-27(2,3)31(17-18)25-20(9-7-14-28-25)26(32)30-37(33,34)24-12-6-11-23(29-24)36-22-13-15-35-21-10-5-4-8-19(21)22;1-18-16-25(2,3)31(17-18)23-20(6-5-12-28-23)24(32)30-35(33,34)22-8-4-7-21(29-22)27-15-11-19-9-13-26-14-10-19;1-15-12-23(2,3)29(14-15)21-17(6-5-11-25-21)22(30)28-34(31,32)20-8-4-7-19(27-20)33-18-10-9-16(24)13-26-18/h5-6,9-16,21H,4,7-8,17-20H2,1-3H3,(H,32,35);4-12,14,18,22H,13,15-17H2,1-3H3,(H,30,32);4-10,12-14,18H,11,15-17H2,1-3H3,(H,27,29)(H,30,32);4-11,13,15H,12,14H2,1-3H3,(H,28,30). The summed E-state index contributed by atoms with van der Waals surface area (Å²) in [6.07, 6.45) is 19.5. The zero-order valence-corrected chi connectivity index (χ0v) is 86.7. The van der Waals surface area contributed by atoms with Crippen LogP contribution in [-0.2, 0) is 46.5 Å². The molecule has 36 nitrogen and oxygen atoms in total. The minimum atomic E-state index is -4.29. The smallest absolute Gasteiger partial charge is 0.281 e. The third-order valence-corrected chi connectivity index (χ3v) is 30.7. The van der Waals surface area contributed by atoms with Gasteiger partial charge in [-0.2, -0.15) is 48.6 Å². The fraction of sp³-hybridized carbons (Fsp3) is 0.365. The van der Waals surface area contributed by atoms with Crippen molar-refractivity contribution in [1.29, 1.82) is 0 Å². The van der Waals surface area contributed by atoms with E-state index in [9.17, 15) is 52.8 Å². The minimum absolute atomic E-state index is 0.0000159. The Balaban J connectivity index is 0.000000145. The van der Waals surface area contributed by atoms with E-state index < -0.39 is 63.7 Å². The van der Waals surface area contributed by atoms with Gasteiger partial charge in [-0.3, -0.25) is 24.2 Å². The number of hydrogen-bond donors (Lipinski definition) is 5. The molecule has 4 amide bonds. The molecule has 0 radical (unpaired) electrons. The number of nitrogens with one attached hydrogen (secondary N) is 5. The average Bonchev–Trinajstić information content (AvgIpc) is 1.72. The van der Waals surface area contributed by atoms with Crippen molar-refractivity contribution in [3.8, 4) is 35.0 Å².